The molecule has 144 valence electrons. The number of likely N-dealkylation sites (N-methyl/N-ethyl adjacent to an activating group) is 1. The Labute approximate surface area is 152 Å². The van der Waals surface area contributed by atoms with Gasteiger partial charge in [0.15, 0.2) is 0 Å². The van der Waals surface area contributed by atoms with Gasteiger partial charge in [0.25, 0.3) is 5.69 Å². The van der Waals surface area contributed by atoms with E-state index < -0.39 is 14.9 Å². The third-order valence-electron chi connectivity index (χ3n) is 4.08. The maximum atomic E-state index is 12.7. The fourth-order valence-electron chi connectivity index (χ4n) is 2.59. The van der Waals surface area contributed by atoms with Crippen LogP contribution in [0.3, 0.4) is 0 Å². The second kappa shape index (κ2) is 8.43. The molecule has 1 aliphatic heterocycles. The van der Waals surface area contributed by atoms with Gasteiger partial charge < -0.3 is 15.5 Å². The molecule has 2 N–H and O–H groups in total. The number of rotatable bonds is 7. The number of carbonyl (C=O) groups is 1. The van der Waals surface area contributed by atoms with Crippen molar-refractivity contribution in [2.24, 2.45) is 0 Å². The van der Waals surface area contributed by atoms with Crippen molar-refractivity contribution in [3.63, 3.8) is 0 Å². The van der Waals surface area contributed by atoms with Crippen molar-refractivity contribution in [3.05, 3.63) is 28.3 Å². The molecule has 0 aromatic heterocycles. The Morgan fingerprint density at radius 1 is 1.23 bits per heavy atom. The number of carbonyl (C=O) groups excluding carboxylic acids is 1. The maximum absolute atomic E-state index is 12.7. The highest BCUT2D eigenvalue weighted by atomic mass is 32.2. The van der Waals surface area contributed by atoms with Gasteiger partial charge in [0.2, 0.25) is 15.9 Å². The number of benzene rings is 1. The second-order valence-electron chi connectivity index (χ2n) is 6.05. The van der Waals surface area contributed by atoms with E-state index in [1.807, 2.05) is 11.9 Å². The van der Waals surface area contributed by atoms with Gasteiger partial charge in [0.1, 0.15) is 5.69 Å². The van der Waals surface area contributed by atoms with Gasteiger partial charge in [-0.2, -0.15) is 4.31 Å². The molecule has 0 bridgehead atoms. The van der Waals surface area contributed by atoms with Gasteiger partial charge in [-0.25, -0.2) is 8.42 Å². The summed E-state index contributed by atoms with van der Waals surface area (Å²) in [6.45, 7) is 3.89. The fraction of sp³-hybridized carbons (Fsp3) is 0.533. The molecule has 10 nitrogen and oxygen atoms in total. The molecule has 11 heteroatoms. The number of amides is 1. The number of nitro groups is 1. The molecule has 1 aromatic carbocycles. The van der Waals surface area contributed by atoms with Crippen LogP contribution in [-0.4, -0.2) is 74.8 Å². The predicted octanol–water partition coefficient (Wildman–Crippen LogP) is 0.0789. The van der Waals surface area contributed by atoms with Crippen LogP contribution in [0.4, 0.5) is 11.4 Å². The first-order valence-corrected chi connectivity index (χ1v) is 9.61. The van der Waals surface area contributed by atoms with Crippen LogP contribution in [0, 0.1) is 10.1 Å². The van der Waals surface area contributed by atoms with Crippen LogP contribution in [-0.2, 0) is 14.8 Å². The lowest BCUT2D eigenvalue weighted by Gasteiger charge is -2.31. The normalized spacial score (nSPS) is 16.2. The molecule has 0 unspecified atom stereocenters. The van der Waals surface area contributed by atoms with Crippen LogP contribution < -0.4 is 10.6 Å². The van der Waals surface area contributed by atoms with Crippen molar-refractivity contribution in [3.8, 4) is 0 Å². The first-order valence-electron chi connectivity index (χ1n) is 8.17. The maximum Gasteiger partial charge on any atom is 0.293 e. The van der Waals surface area contributed by atoms with E-state index in [4.69, 9.17) is 0 Å². The highest BCUT2D eigenvalue weighted by molar-refractivity contribution is 7.89. The minimum atomic E-state index is -3.78. The highest BCUT2D eigenvalue weighted by Crippen LogP contribution is 2.29. The van der Waals surface area contributed by atoms with Crippen LogP contribution in [0.2, 0.25) is 0 Å². The average Bonchev–Trinajstić information content (AvgIpc) is 2.58. The van der Waals surface area contributed by atoms with E-state index in [1.165, 1.54) is 23.4 Å². The Morgan fingerprint density at radius 3 is 2.46 bits per heavy atom. The number of nitrogens with zero attached hydrogens (tertiary/aromatic N) is 3. The van der Waals surface area contributed by atoms with E-state index in [9.17, 15) is 23.3 Å². The summed E-state index contributed by atoms with van der Waals surface area (Å²) in [4.78, 5) is 23.5. The Morgan fingerprint density at radius 2 is 1.88 bits per heavy atom. The van der Waals surface area contributed by atoms with Gasteiger partial charge >= 0.3 is 0 Å². The molecule has 1 aliphatic rings. The number of nitrogens with one attached hydrogen (secondary N) is 2. The summed E-state index contributed by atoms with van der Waals surface area (Å²) in [5, 5.41) is 16.8. The number of anilines is 1. The predicted molar refractivity (Wildman–Crippen MR) is 96.5 cm³/mol. The first-order chi connectivity index (χ1) is 12.2. The van der Waals surface area contributed by atoms with Crippen molar-refractivity contribution < 1.29 is 18.1 Å². The summed E-state index contributed by atoms with van der Waals surface area (Å²) in [6, 6.07) is 3.82. The molecule has 0 spiro atoms. The van der Waals surface area contributed by atoms with Crippen LogP contribution in [0.25, 0.3) is 0 Å². The van der Waals surface area contributed by atoms with Crippen molar-refractivity contribution in [2.75, 3.05) is 51.6 Å². The number of nitro benzene ring substituents is 1. The number of hydrogen-bond donors (Lipinski definition) is 2. The van der Waals surface area contributed by atoms with Gasteiger partial charge in [-0.05, 0) is 19.2 Å². The Kier molecular flexibility index (Phi) is 6.51. The van der Waals surface area contributed by atoms with Gasteiger partial charge in [0.05, 0.1) is 9.82 Å². The lowest BCUT2D eigenvalue weighted by molar-refractivity contribution is -0.384. The van der Waals surface area contributed by atoms with Crippen molar-refractivity contribution in [2.45, 2.75) is 11.8 Å². The van der Waals surface area contributed by atoms with Crippen molar-refractivity contribution in [1.82, 2.24) is 14.5 Å². The lowest BCUT2D eigenvalue weighted by Crippen LogP contribution is -2.47. The van der Waals surface area contributed by atoms with E-state index in [1.54, 1.807) is 0 Å². The SMILES string of the molecule is CC(=O)NCCNc1ccc(S(=O)(=O)N2CCN(C)CC2)cc1[N+](=O)[O-]. The van der Waals surface area contributed by atoms with Crippen LogP contribution in [0.5, 0.6) is 0 Å². The Hall–Kier alpha value is -2.24. The molecular formula is C15H23N5O5S. The number of sulfonamides is 1. The summed E-state index contributed by atoms with van der Waals surface area (Å²) in [5.41, 5.74) is -0.110. The third-order valence-corrected chi connectivity index (χ3v) is 5.97. The third kappa shape index (κ3) is 4.90. The standard InChI is InChI=1S/C15H23N5O5S/c1-12(21)16-5-6-17-14-4-3-13(11-15(14)20(22)23)26(24,25)19-9-7-18(2)8-10-19/h3-4,11,17H,5-10H2,1-2H3,(H,16,21). The lowest BCUT2D eigenvalue weighted by atomic mass is 10.2. The van der Waals surface area contributed by atoms with E-state index in [-0.39, 0.29) is 28.7 Å². The van der Waals surface area contributed by atoms with Gasteiger partial charge in [-0.1, -0.05) is 0 Å². The van der Waals surface area contributed by atoms with Crippen LogP contribution in [0.1, 0.15) is 6.92 Å². The van der Waals surface area contributed by atoms with E-state index in [0.717, 1.165) is 6.07 Å². The Bertz CT molecular complexity index is 775. The van der Waals surface area contributed by atoms with Gasteiger partial charge in [0, 0.05) is 52.3 Å². The topological polar surface area (TPSA) is 125 Å². The number of hydrogen-bond acceptors (Lipinski definition) is 7. The molecule has 0 saturated carbocycles. The molecule has 2 rings (SSSR count). The molecule has 0 aliphatic carbocycles. The smallest absolute Gasteiger partial charge is 0.293 e. The zero-order valence-corrected chi connectivity index (χ0v) is 15.6. The molecule has 1 fully saturated rings. The molecule has 1 saturated heterocycles. The van der Waals surface area contributed by atoms with E-state index in [0.29, 0.717) is 32.7 Å². The van der Waals surface area contributed by atoms with Gasteiger partial charge in [-0.3, -0.25) is 14.9 Å². The monoisotopic (exact) mass is 385 g/mol. The summed E-state index contributed by atoms with van der Waals surface area (Å²) < 4.78 is 26.8. The summed E-state index contributed by atoms with van der Waals surface area (Å²) in [7, 11) is -1.86. The fourth-order valence-corrected chi connectivity index (χ4v) is 4.03. The van der Waals surface area contributed by atoms with E-state index in [2.05, 4.69) is 10.6 Å². The molecular weight excluding hydrogens is 362 g/mol. The van der Waals surface area contributed by atoms with E-state index >= 15 is 0 Å². The molecule has 0 atom stereocenters. The zero-order chi connectivity index (χ0) is 19.3. The largest absolute Gasteiger partial charge is 0.378 e. The average molecular weight is 385 g/mol. The zero-order valence-electron chi connectivity index (χ0n) is 14.8. The molecule has 1 aromatic rings. The molecule has 1 heterocycles. The van der Waals surface area contributed by atoms with Gasteiger partial charge in [-0.15, -0.1) is 0 Å². The Balaban J connectivity index is 2.18. The highest BCUT2D eigenvalue weighted by Gasteiger charge is 2.29. The van der Waals surface area contributed by atoms with Crippen molar-refractivity contribution in [1.29, 1.82) is 0 Å². The van der Waals surface area contributed by atoms with Crippen LogP contribution >= 0.6 is 0 Å². The summed E-state index contributed by atoms with van der Waals surface area (Å²) >= 11 is 0. The summed E-state index contributed by atoms with van der Waals surface area (Å²) in [6.07, 6.45) is 0. The van der Waals surface area contributed by atoms with Crippen LogP contribution in [0.15, 0.2) is 23.1 Å². The van der Waals surface area contributed by atoms with Crippen molar-refractivity contribution >= 4 is 27.3 Å². The summed E-state index contributed by atoms with van der Waals surface area (Å²) in [5.74, 6) is -0.199. The molecule has 26 heavy (non-hydrogen) atoms. The quantitative estimate of drug-likeness (QED) is 0.387. The minimum Gasteiger partial charge on any atom is -0.378 e. The first kappa shape index (κ1) is 20.1. The minimum absolute atomic E-state index is 0.0961. The second-order valence-corrected chi connectivity index (χ2v) is 7.99. The molecule has 1 amide bonds. The molecule has 0 radical (unpaired) electrons. The number of piperazine rings is 1.